The van der Waals surface area contributed by atoms with Crippen molar-refractivity contribution in [3.8, 4) is 11.4 Å². The summed E-state index contributed by atoms with van der Waals surface area (Å²) in [6.45, 7) is 1.56. The third-order valence-corrected chi connectivity index (χ3v) is 4.78. The quantitative estimate of drug-likeness (QED) is 0.414. The van der Waals surface area contributed by atoms with Crippen LogP contribution in [0.25, 0.3) is 22.4 Å². The van der Waals surface area contributed by atoms with E-state index in [-0.39, 0.29) is 6.61 Å². The summed E-state index contributed by atoms with van der Waals surface area (Å²) < 4.78 is 10.1. The van der Waals surface area contributed by atoms with Gasteiger partial charge in [0.1, 0.15) is 5.82 Å². The number of imidazole rings is 1. The number of amides is 1. The van der Waals surface area contributed by atoms with Crippen molar-refractivity contribution in [1.29, 1.82) is 0 Å². The Hall–Kier alpha value is -4.46. The minimum Gasteiger partial charge on any atom is -0.462 e. The molecule has 0 radical (unpaired) electrons. The van der Waals surface area contributed by atoms with Crippen molar-refractivity contribution in [3.63, 3.8) is 0 Å². The van der Waals surface area contributed by atoms with Crippen LogP contribution in [0.15, 0.2) is 72.8 Å². The molecule has 0 bridgehead atoms. The summed E-state index contributed by atoms with van der Waals surface area (Å²) in [4.78, 5) is 44.0. The number of aromatic nitrogens is 2. The molecule has 4 rings (SSSR count). The summed E-state index contributed by atoms with van der Waals surface area (Å²) in [5.74, 6) is -0.860. The molecule has 8 heteroatoms. The Bertz CT molecular complexity index is 1300. The van der Waals surface area contributed by atoms with E-state index in [0.717, 1.165) is 11.1 Å². The van der Waals surface area contributed by atoms with Crippen molar-refractivity contribution >= 4 is 34.6 Å². The van der Waals surface area contributed by atoms with Gasteiger partial charge in [-0.2, -0.15) is 0 Å². The molecule has 8 nitrogen and oxygen atoms in total. The molecule has 166 valence electrons. The van der Waals surface area contributed by atoms with E-state index in [4.69, 9.17) is 9.47 Å². The minimum absolute atomic E-state index is 0.282. The van der Waals surface area contributed by atoms with Gasteiger partial charge in [0.25, 0.3) is 5.91 Å². The zero-order valence-corrected chi connectivity index (χ0v) is 17.8. The third kappa shape index (κ3) is 5.24. The molecule has 0 saturated heterocycles. The lowest BCUT2D eigenvalue weighted by Crippen LogP contribution is -2.21. The standard InChI is InChI=1S/C25H21N3O5/c1-2-32-24(30)17-8-11-19(12-9-17)26-22(29)15-33-25(31)18-10-13-20-21(14-18)28-23(27-20)16-6-4-3-5-7-16/h3-14H,2,15H2,1H3,(H,26,29)(H,27,28). The number of nitrogens with zero attached hydrogens (tertiary/aromatic N) is 1. The molecule has 1 heterocycles. The number of rotatable bonds is 7. The second-order valence-corrected chi connectivity index (χ2v) is 7.11. The van der Waals surface area contributed by atoms with Gasteiger partial charge in [0.15, 0.2) is 6.61 Å². The number of carbonyl (C=O) groups is 3. The number of fused-ring (bicyclic) bond motifs is 1. The lowest BCUT2D eigenvalue weighted by Gasteiger charge is -2.07. The van der Waals surface area contributed by atoms with Crippen LogP contribution in [0.5, 0.6) is 0 Å². The van der Waals surface area contributed by atoms with Crippen LogP contribution in [0.3, 0.4) is 0 Å². The Morgan fingerprint density at radius 3 is 2.30 bits per heavy atom. The number of benzene rings is 3. The van der Waals surface area contributed by atoms with Gasteiger partial charge in [-0.1, -0.05) is 30.3 Å². The maximum Gasteiger partial charge on any atom is 0.338 e. The first kappa shape index (κ1) is 21.8. The van der Waals surface area contributed by atoms with E-state index >= 15 is 0 Å². The Labute approximate surface area is 189 Å². The predicted molar refractivity (Wildman–Crippen MR) is 123 cm³/mol. The Balaban J connectivity index is 1.35. The highest BCUT2D eigenvalue weighted by atomic mass is 16.5. The van der Waals surface area contributed by atoms with Gasteiger partial charge in [-0.3, -0.25) is 4.79 Å². The fourth-order valence-electron chi connectivity index (χ4n) is 3.18. The number of hydrogen-bond donors (Lipinski definition) is 2. The highest BCUT2D eigenvalue weighted by Gasteiger charge is 2.13. The van der Waals surface area contributed by atoms with E-state index in [1.54, 1.807) is 49.4 Å². The van der Waals surface area contributed by atoms with Crippen LogP contribution < -0.4 is 5.32 Å². The number of H-pyrrole nitrogens is 1. The lowest BCUT2D eigenvalue weighted by molar-refractivity contribution is -0.119. The Kier molecular flexibility index (Phi) is 6.45. The van der Waals surface area contributed by atoms with Crippen molar-refractivity contribution in [2.75, 3.05) is 18.5 Å². The highest BCUT2D eigenvalue weighted by molar-refractivity contribution is 5.97. The summed E-state index contributed by atoms with van der Waals surface area (Å²) >= 11 is 0. The van der Waals surface area contributed by atoms with Gasteiger partial charge in [-0.05, 0) is 49.4 Å². The zero-order valence-electron chi connectivity index (χ0n) is 17.8. The molecule has 4 aromatic rings. The third-order valence-electron chi connectivity index (χ3n) is 4.78. The molecule has 1 aromatic heterocycles. The van der Waals surface area contributed by atoms with Gasteiger partial charge in [0.2, 0.25) is 0 Å². The van der Waals surface area contributed by atoms with Gasteiger partial charge in [-0.15, -0.1) is 0 Å². The van der Waals surface area contributed by atoms with Gasteiger partial charge >= 0.3 is 11.9 Å². The number of esters is 2. The molecule has 0 aliphatic carbocycles. The second kappa shape index (κ2) is 9.78. The normalized spacial score (nSPS) is 10.6. The average Bonchev–Trinajstić information content (AvgIpc) is 3.27. The Morgan fingerprint density at radius 1 is 0.879 bits per heavy atom. The van der Waals surface area contributed by atoms with Crippen molar-refractivity contribution in [1.82, 2.24) is 9.97 Å². The van der Waals surface area contributed by atoms with Gasteiger partial charge in [-0.25, -0.2) is 14.6 Å². The first-order valence-electron chi connectivity index (χ1n) is 10.3. The number of hydrogen-bond acceptors (Lipinski definition) is 6. The van der Waals surface area contributed by atoms with E-state index in [0.29, 0.717) is 28.2 Å². The van der Waals surface area contributed by atoms with Crippen LogP contribution in [-0.2, 0) is 14.3 Å². The van der Waals surface area contributed by atoms with Crippen LogP contribution in [0, 0.1) is 0 Å². The summed E-state index contributed by atoms with van der Waals surface area (Å²) in [6, 6.07) is 20.9. The summed E-state index contributed by atoms with van der Waals surface area (Å²) in [6.07, 6.45) is 0. The van der Waals surface area contributed by atoms with E-state index in [1.165, 1.54) is 0 Å². The van der Waals surface area contributed by atoms with Crippen LogP contribution in [-0.4, -0.2) is 41.0 Å². The lowest BCUT2D eigenvalue weighted by atomic mass is 10.2. The molecule has 3 aromatic carbocycles. The maximum atomic E-state index is 12.4. The molecule has 0 aliphatic heterocycles. The number of aromatic amines is 1. The fourth-order valence-corrected chi connectivity index (χ4v) is 3.18. The van der Waals surface area contributed by atoms with E-state index < -0.39 is 24.5 Å². The number of nitrogens with one attached hydrogen (secondary N) is 2. The number of carbonyl (C=O) groups excluding carboxylic acids is 3. The van der Waals surface area contributed by atoms with E-state index in [1.807, 2.05) is 30.3 Å². The molecule has 0 spiro atoms. The molecular formula is C25H21N3O5. The van der Waals surface area contributed by atoms with Gasteiger partial charge in [0, 0.05) is 11.3 Å². The van der Waals surface area contributed by atoms with Crippen LogP contribution in [0.2, 0.25) is 0 Å². The molecule has 33 heavy (non-hydrogen) atoms. The van der Waals surface area contributed by atoms with Crippen LogP contribution >= 0.6 is 0 Å². The van der Waals surface area contributed by atoms with Crippen LogP contribution in [0.4, 0.5) is 5.69 Å². The SMILES string of the molecule is CCOC(=O)c1ccc(NC(=O)COC(=O)c2ccc3nc(-c4ccccc4)[nH]c3c2)cc1. The largest absolute Gasteiger partial charge is 0.462 e. The zero-order chi connectivity index (χ0) is 23.2. The minimum atomic E-state index is -0.624. The van der Waals surface area contributed by atoms with Crippen LogP contribution in [0.1, 0.15) is 27.6 Å². The Morgan fingerprint density at radius 2 is 1.58 bits per heavy atom. The summed E-state index contributed by atoms with van der Waals surface area (Å²) in [5, 5.41) is 2.61. The fraction of sp³-hybridized carbons (Fsp3) is 0.120. The van der Waals surface area contributed by atoms with Crippen molar-refractivity contribution in [3.05, 3.63) is 83.9 Å². The molecule has 0 fully saturated rings. The predicted octanol–water partition coefficient (Wildman–Crippen LogP) is 4.20. The molecular weight excluding hydrogens is 422 g/mol. The number of ether oxygens (including phenoxy) is 2. The van der Waals surface area contributed by atoms with Gasteiger partial charge in [0.05, 0.1) is 28.8 Å². The van der Waals surface area contributed by atoms with E-state index in [2.05, 4.69) is 15.3 Å². The van der Waals surface area contributed by atoms with Crippen molar-refractivity contribution in [2.45, 2.75) is 6.92 Å². The topological polar surface area (TPSA) is 110 Å². The van der Waals surface area contributed by atoms with E-state index in [9.17, 15) is 14.4 Å². The molecule has 0 saturated carbocycles. The average molecular weight is 443 g/mol. The molecule has 0 unspecified atom stereocenters. The second-order valence-electron chi connectivity index (χ2n) is 7.11. The smallest absolute Gasteiger partial charge is 0.338 e. The monoisotopic (exact) mass is 443 g/mol. The summed E-state index contributed by atoms with van der Waals surface area (Å²) in [5.41, 5.74) is 3.49. The summed E-state index contributed by atoms with van der Waals surface area (Å²) in [7, 11) is 0. The van der Waals surface area contributed by atoms with Crippen molar-refractivity contribution in [2.24, 2.45) is 0 Å². The molecule has 2 N–H and O–H groups in total. The number of anilines is 1. The first-order valence-corrected chi connectivity index (χ1v) is 10.3. The molecule has 0 atom stereocenters. The molecule has 1 amide bonds. The van der Waals surface area contributed by atoms with Gasteiger partial charge < -0.3 is 19.8 Å². The highest BCUT2D eigenvalue weighted by Crippen LogP contribution is 2.21. The molecule has 0 aliphatic rings. The first-order chi connectivity index (χ1) is 16.0. The van der Waals surface area contributed by atoms with Crippen molar-refractivity contribution < 1.29 is 23.9 Å². The maximum absolute atomic E-state index is 12.4.